The normalized spacial score (nSPS) is 10.9. The van der Waals surface area contributed by atoms with Gasteiger partial charge in [0.25, 0.3) is 5.78 Å². The van der Waals surface area contributed by atoms with Gasteiger partial charge in [0.15, 0.2) is 5.76 Å². The molecule has 0 bridgehead atoms. The van der Waals surface area contributed by atoms with Gasteiger partial charge in [0, 0.05) is 12.2 Å². The molecule has 4 aromatic rings. The lowest BCUT2D eigenvalue weighted by molar-refractivity contribution is -0.116. The Balaban J connectivity index is 1.39. The summed E-state index contributed by atoms with van der Waals surface area (Å²) in [5.41, 5.74) is 13.0. The van der Waals surface area contributed by atoms with Crippen molar-refractivity contribution in [3.8, 4) is 11.6 Å². The molecular formula is C18H19N9O2. The molecule has 0 fully saturated rings. The average Bonchev–Trinajstić information content (AvgIpc) is 3.37. The molecule has 0 atom stereocenters. The number of hydrogen-bond donors (Lipinski definition) is 4. The highest BCUT2D eigenvalue weighted by Crippen LogP contribution is 2.17. The van der Waals surface area contributed by atoms with Crippen LogP contribution in [0.5, 0.6) is 0 Å². The van der Waals surface area contributed by atoms with E-state index in [1.54, 1.807) is 18.4 Å². The zero-order valence-electron chi connectivity index (χ0n) is 15.4. The van der Waals surface area contributed by atoms with E-state index in [4.69, 9.17) is 15.9 Å². The number of nitrogen functional groups attached to an aromatic ring is 1. The molecule has 0 aliphatic rings. The molecule has 6 N–H and O–H groups in total. The van der Waals surface area contributed by atoms with Gasteiger partial charge in [0.05, 0.1) is 12.8 Å². The van der Waals surface area contributed by atoms with Crippen molar-refractivity contribution in [3.05, 3.63) is 48.2 Å². The number of carbonyl (C=O) groups is 1. The van der Waals surface area contributed by atoms with Crippen molar-refractivity contribution < 1.29 is 9.21 Å². The van der Waals surface area contributed by atoms with Crippen LogP contribution in [0.2, 0.25) is 0 Å². The number of nitrogens with zero attached hydrogens (tertiary/aromatic N) is 5. The van der Waals surface area contributed by atoms with Crippen molar-refractivity contribution in [1.82, 2.24) is 24.6 Å². The van der Waals surface area contributed by atoms with Crippen LogP contribution in [0.15, 0.2) is 47.1 Å². The molecule has 0 aliphatic heterocycles. The van der Waals surface area contributed by atoms with Crippen molar-refractivity contribution in [2.24, 2.45) is 5.73 Å². The van der Waals surface area contributed by atoms with Crippen LogP contribution in [-0.2, 0) is 11.2 Å². The van der Waals surface area contributed by atoms with Crippen molar-refractivity contribution in [2.75, 3.05) is 29.5 Å². The third kappa shape index (κ3) is 4.24. The summed E-state index contributed by atoms with van der Waals surface area (Å²) in [4.78, 5) is 23.7. The van der Waals surface area contributed by atoms with Crippen LogP contribution in [0.1, 0.15) is 5.56 Å². The number of fused-ring (bicyclic) bond motifs is 1. The second kappa shape index (κ2) is 7.84. The van der Waals surface area contributed by atoms with E-state index >= 15 is 0 Å². The molecule has 0 radical (unpaired) electrons. The van der Waals surface area contributed by atoms with Crippen molar-refractivity contribution in [3.63, 3.8) is 0 Å². The third-order valence-corrected chi connectivity index (χ3v) is 4.09. The number of furan rings is 1. The third-order valence-electron chi connectivity index (χ3n) is 4.09. The van der Waals surface area contributed by atoms with E-state index in [1.165, 1.54) is 4.52 Å². The average molecular weight is 393 g/mol. The molecule has 0 saturated heterocycles. The van der Waals surface area contributed by atoms with Gasteiger partial charge < -0.3 is 26.5 Å². The topological polar surface area (TPSA) is 162 Å². The number of aromatic nitrogens is 5. The van der Waals surface area contributed by atoms with Crippen LogP contribution in [0, 0.1) is 0 Å². The minimum Gasteiger partial charge on any atom is -0.461 e. The molecule has 3 aromatic heterocycles. The van der Waals surface area contributed by atoms with Gasteiger partial charge >= 0.3 is 0 Å². The summed E-state index contributed by atoms with van der Waals surface area (Å²) in [5, 5.41) is 10.3. The minimum absolute atomic E-state index is 0.104. The molecule has 11 heteroatoms. The molecule has 3 heterocycles. The zero-order chi connectivity index (χ0) is 20.2. The lowest BCUT2D eigenvalue weighted by atomic mass is 10.1. The van der Waals surface area contributed by atoms with E-state index in [0.717, 1.165) is 17.7 Å². The van der Waals surface area contributed by atoms with Crippen LogP contribution in [0.3, 0.4) is 0 Å². The Morgan fingerprint density at radius 2 is 1.93 bits per heavy atom. The molecule has 148 valence electrons. The van der Waals surface area contributed by atoms with E-state index in [-0.39, 0.29) is 12.5 Å². The Kier molecular flexibility index (Phi) is 4.93. The summed E-state index contributed by atoms with van der Waals surface area (Å²) in [6, 6.07) is 11.2. The van der Waals surface area contributed by atoms with E-state index < -0.39 is 5.91 Å². The van der Waals surface area contributed by atoms with Crippen molar-refractivity contribution >= 4 is 29.3 Å². The maximum Gasteiger partial charge on any atom is 0.259 e. The molecule has 0 aliphatic carbocycles. The first kappa shape index (κ1) is 18.2. The lowest BCUT2D eigenvalue weighted by Crippen LogP contribution is -2.21. The van der Waals surface area contributed by atoms with Gasteiger partial charge in [-0.2, -0.15) is 19.5 Å². The van der Waals surface area contributed by atoms with Gasteiger partial charge in [-0.05, 0) is 36.2 Å². The fourth-order valence-electron chi connectivity index (χ4n) is 2.69. The Morgan fingerprint density at radius 1 is 1.10 bits per heavy atom. The van der Waals surface area contributed by atoms with E-state index in [0.29, 0.717) is 29.9 Å². The lowest BCUT2D eigenvalue weighted by Gasteiger charge is -2.07. The molecule has 1 amide bonds. The summed E-state index contributed by atoms with van der Waals surface area (Å²) in [5.74, 6) is 1.38. The quantitative estimate of drug-likeness (QED) is 0.341. The first-order valence-electron chi connectivity index (χ1n) is 8.87. The van der Waals surface area contributed by atoms with E-state index in [2.05, 4.69) is 30.7 Å². The van der Waals surface area contributed by atoms with Gasteiger partial charge in [-0.3, -0.25) is 4.79 Å². The maximum absolute atomic E-state index is 10.8. The molecule has 11 nitrogen and oxygen atoms in total. The molecule has 1 aromatic carbocycles. The number of amides is 1. The number of anilines is 3. The number of benzene rings is 1. The Morgan fingerprint density at radius 3 is 2.66 bits per heavy atom. The second-order valence-corrected chi connectivity index (χ2v) is 6.22. The zero-order valence-corrected chi connectivity index (χ0v) is 15.4. The summed E-state index contributed by atoms with van der Waals surface area (Å²) < 4.78 is 6.66. The summed E-state index contributed by atoms with van der Waals surface area (Å²) in [6.45, 7) is 0.704. The van der Waals surface area contributed by atoms with E-state index in [9.17, 15) is 4.79 Å². The smallest absolute Gasteiger partial charge is 0.259 e. The Labute approximate surface area is 165 Å². The van der Waals surface area contributed by atoms with Gasteiger partial charge in [-0.1, -0.05) is 12.1 Å². The fraction of sp³-hybridized carbons (Fsp3) is 0.167. The summed E-state index contributed by atoms with van der Waals surface area (Å²) >= 11 is 0. The standard InChI is InChI=1S/C18H19N9O2/c19-14(28)10-22-12-5-3-11(4-6-12)7-8-21-17-24-16(20)27-18(25-17)23-15(26-27)13-2-1-9-29-13/h1-6,9,22H,7-8,10H2,(H2,19,28)(H3,20,21,23,24,25,26). The molecule has 0 unspecified atom stereocenters. The van der Waals surface area contributed by atoms with Crippen LogP contribution >= 0.6 is 0 Å². The number of nitrogens with two attached hydrogens (primary N) is 2. The molecular weight excluding hydrogens is 374 g/mol. The largest absolute Gasteiger partial charge is 0.461 e. The van der Waals surface area contributed by atoms with Crippen LogP contribution < -0.4 is 22.1 Å². The second-order valence-electron chi connectivity index (χ2n) is 6.22. The first-order valence-corrected chi connectivity index (χ1v) is 8.87. The number of primary amides is 1. The maximum atomic E-state index is 10.8. The number of nitrogens with one attached hydrogen (secondary N) is 2. The van der Waals surface area contributed by atoms with E-state index in [1.807, 2.05) is 24.3 Å². The molecule has 0 spiro atoms. The van der Waals surface area contributed by atoms with Crippen molar-refractivity contribution in [1.29, 1.82) is 0 Å². The molecule has 4 rings (SSSR count). The molecule has 29 heavy (non-hydrogen) atoms. The summed E-state index contributed by atoms with van der Waals surface area (Å²) in [6.07, 6.45) is 2.29. The summed E-state index contributed by atoms with van der Waals surface area (Å²) in [7, 11) is 0. The highest BCUT2D eigenvalue weighted by molar-refractivity contribution is 5.78. The van der Waals surface area contributed by atoms with Crippen LogP contribution in [0.4, 0.5) is 17.6 Å². The van der Waals surface area contributed by atoms with Gasteiger partial charge in [0.1, 0.15) is 0 Å². The predicted molar refractivity (Wildman–Crippen MR) is 107 cm³/mol. The minimum atomic E-state index is -0.404. The SMILES string of the molecule is NC(=O)CNc1ccc(CCNc2nc(N)n3nc(-c4ccco4)nc3n2)cc1. The number of hydrogen-bond acceptors (Lipinski definition) is 9. The fourth-order valence-corrected chi connectivity index (χ4v) is 2.69. The van der Waals surface area contributed by atoms with Crippen LogP contribution in [0.25, 0.3) is 17.4 Å². The predicted octanol–water partition coefficient (Wildman–Crippen LogP) is 0.913. The van der Waals surface area contributed by atoms with Crippen molar-refractivity contribution in [2.45, 2.75) is 6.42 Å². The highest BCUT2D eigenvalue weighted by atomic mass is 16.3. The Bertz CT molecular complexity index is 1120. The highest BCUT2D eigenvalue weighted by Gasteiger charge is 2.13. The Hall–Kier alpha value is -4.15. The number of carbonyl (C=O) groups excluding carboxylic acids is 1. The number of rotatable bonds is 8. The monoisotopic (exact) mass is 393 g/mol. The van der Waals surface area contributed by atoms with Gasteiger partial charge in [-0.25, -0.2) is 0 Å². The van der Waals surface area contributed by atoms with Gasteiger partial charge in [-0.15, -0.1) is 5.10 Å². The van der Waals surface area contributed by atoms with Gasteiger partial charge in [0.2, 0.25) is 23.6 Å². The molecule has 0 saturated carbocycles. The van der Waals surface area contributed by atoms with Crippen LogP contribution in [-0.4, -0.2) is 43.6 Å². The first-order chi connectivity index (χ1) is 14.1.